The van der Waals surface area contributed by atoms with Gasteiger partial charge in [0.2, 0.25) is 0 Å². The van der Waals surface area contributed by atoms with E-state index in [-0.39, 0.29) is 11.3 Å². The molecule has 0 fully saturated rings. The third-order valence-corrected chi connectivity index (χ3v) is 5.38. The van der Waals surface area contributed by atoms with Gasteiger partial charge in [-0.2, -0.15) is 0 Å². The molecule has 1 N–H and O–H groups in total. The molecule has 0 saturated carbocycles. The lowest BCUT2D eigenvalue weighted by atomic mass is 9.87. The van der Waals surface area contributed by atoms with E-state index in [4.69, 9.17) is 9.47 Å². The van der Waals surface area contributed by atoms with Gasteiger partial charge in [0.25, 0.3) is 5.91 Å². The Morgan fingerprint density at radius 1 is 0.935 bits per heavy atom. The number of carbonyl (C=O) groups excluding carboxylic acids is 1. The van der Waals surface area contributed by atoms with Gasteiger partial charge in [-0.1, -0.05) is 51.1 Å². The van der Waals surface area contributed by atoms with Crippen LogP contribution in [-0.2, 0) is 12.0 Å². The Balaban J connectivity index is 1.76. The van der Waals surface area contributed by atoms with Gasteiger partial charge in [-0.05, 0) is 66.3 Å². The number of hydrogen-bond acceptors (Lipinski definition) is 3. The lowest BCUT2D eigenvalue weighted by Crippen LogP contribution is -2.14. The van der Waals surface area contributed by atoms with Crippen molar-refractivity contribution in [1.82, 2.24) is 0 Å². The van der Waals surface area contributed by atoms with Gasteiger partial charge in [-0.25, -0.2) is 0 Å². The number of para-hydroxylation sites is 1. The molecule has 0 saturated heterocycles. The van der Waals surface area contributed by atoms with Crippen LogP contribution in [0.3, 0.4) is 0 Å². The third kappa shape index (κ3) is 5.46. The van der Waals surface area contributed by atoms with Crippen LogP contribution >= 0.6 is 0 Å². The van der Waals surface area contributed by atoms with E-state index in [2.05, 4.69) is 38.2 Å². The zero-order valence-electron chi connectivity index (χ0n) is 19.2. The van der Waals surface area contributed by atoms with E-state index in [1.807, 2.05) is 50.2 Å². The van der Waals surface area contributed by atoms with Gasteiger partial charge >= 0.3 is 0 Å². The van der Waals surface area contributed by atoms with Crippen molar-refractivity contribution in [1.29, 1.82) is 0 Å². The first kappa shape index (κ1) is 22.4. The fourth-order valence-electron chi connectivity index (χ4n) is 3.44. The molecule has 0 radical (unpaired) electrons. The molecule has 0 spiro atoms. The van der Waals surface area contributed by atoms with Gasteiger partial charge in [-0.15, -0.1) is 0 Å². The van der Waals surface area contributed by atoms with E-state index < -0.39 is 0 Å². The van der Waals surface area contributed by atoms with E-state index in [1.54, 1.807) is 19.2 Å². The monoisotopic (exact) mass is 417 g/mol. The molecule has 0 atom stereocenters. The van der Waals surface area contributed by atoms with Crippen LogP contribution in [0.1, 0.15) is 53.4 Å². The summed E-state index contributed by atoms with van der Waals surface area (Å²) in [5.41, 5.74) is 5.64. The van der Waals surface area contributed by atoms with Crippen molar-refractivity contribution in [3.63, 3.8) is 0 Å². The Kier molecular flexibility index (Phi) is 6.69. The maximum absolute atomic E-state index is 12.9. The van der Waals surface area contributed by atoms with Crippen molar-refractivity contribution in [3.8, 4) is 11.5 Å². The van der Waals surface area contributed by atoms with Crippen LogP contribution in [0.4, 0.5) is 5.69 Å². The number of ether oxygens (including phenoxy) is 2. The van der Waals surface area contributed by atoms with Crippen molar-refractivity contribution >= 4 is 11.6 Å². The molecule has 0 aliphatic heterocycles. The van der Waals surface area contributed by atoms with Gasteiger partial charge in [-0.3, -0.25) is 4.79 Å². The number of methoxy groups -OCH3 is 1. The van der Waals surface area contributed by atoms with E-state index >= 15 is 0 Å². The standard InChI is InChI=1S/C27H31NO3/c1-18-8-7-9-19(2)25(18)28-26(29)20-10-15-24(30-6)21(16-20)17-31-23-13-11-22(12-14-23)27(3,4)5/h7-16H,17H2,1-6H3,(H,28,29). The van der Waals surface area contributed by atoms with Crippen molar-refractivity contribution in [2.45, 2.75) is 46.6 Å². The second-order valence-corrected chi connectivity index (χ2v) is 8.81. The van der Waals surface area contributed by atoms with E-state index in [0.29, 0.717) is 17.9 Å². The zero-order valence-corrected chi connectivity index (χ0v) is 19.2. The van der Waals surface area contributed by atoms with Crippen molar-refractivity contribution in [3.05, 3.63) is 88.5 Å². The highest BCUT2D eigenvalue weighted by Gasteiger charge is 2.15. The van der Waals surface area contributed by atoms with Crippen LogP contribution in [0, 0.1) is 13.8 Å². The first-order valence-electron chi connectivity index (χ1n) is 10.5. The summed E-state index contributed by atoms with van der Waals surface area (Å²) in [6.45, 7) is 10.8. The Labute approximate surface area is 185 Å². The number of hydrogen-bond donors (Lipinski definition) is 1. The van der Waals surface area contributed by atoms with E-state index in [0.717, 1.165) is 28.1 Å². The summed E-state index contributed by atoms with van der Waals surface area (Å²) >= 11 is 0. The Bertz CT molecular complexity index is 1040. The van der Waals surface area contributed by atoms with Gasteiger partial charge in [0.1, 0.15) is 18.1 Å². The maximum atomic E-state index is 12.9. The van der Waals surface area contributed by atoms with Crippen molar-refractivity contribution < 1.29 is 14.3 Å². The van der Waals surface area contributed by atoms with Crippen LogP contribution in [0.5, 0.6) is 11.5 Å². The highest BCUT2D eigenvalue weighted by molar-refractivity contribution is 6.05. The summed E-state index contributed by atoms with van der Waals surface area (Å²) in [5.74, 6) is 1.31. The van der Waals surface area contributed by atoms with Gasteiger partial charge in [0.05, 0.1) is 7.11 Å². The first-order valence-corrected chi connectivity index (χ1v) is 10.5. The van der Waals surface area contributed by atoms with Gasteiger partial charge in [0.15, 0.2) is 0 Å². The molecule has 31 heavy (non-hydrogen) atoms. The number of carbonyl (C=O) groups is 1. The summed E-state index contributed by atoms with van der Waals surface area (Å²) in [6, 6.07) is 19.5. The number of aryl methyl sites for hydroxylation is 2. The molecule has 162 valence electrons. The fraction of sp³-hybridized carbons (Fsp3) is 0.296. The average Bonchev–Trinajstić information content (AvgIpc) is 2.74. The molecule has 3 rings (SSSR count). The molecule has 0 heterocycles. The fourth-order valence-corrected chi connectivity index (χ4v) is 3.44. The van der Waals surface area contributed by atoms with E-state index in [9.17, 15) is 4.79 Å². The van der Waals surface area contributed by atoms with Crippen LogP contribution in [0.2, 0.25) is 0 Å². The molecular formula is C27H31NO3. The molecule has 0 aliphatic carbocycles. The molecule has 4 heteroatoms. The van der Waals surface area contributed by atoms with Crippen LogP contribution in [-0.4, -0.2) is 13.0 Å². The van der Waals surface area contributed by atoms with Gasteiger partial charge < -0.3 is 14.8 Å². The minimum absolute atomic E-state index is 0.0961. The molecule has 3 aromatic rings. The summed E-state index contributed by atoms with van der Waals surface area (Å²) in [5, 5.41) is 3.03. The smallest absolute Gasteiger partial charge is 0.255 e. The van der Waals surface area contributed by atoms with E-state index in [1.165, 1.54) is 5.56 Å². The summed E-state index contributed by atoms with van der Waals surface area (Å²) in [4.78, 5) is 12.9. The average molecular weight is 418 g/mol. The Hall–Kier alpha value is -3.27. The minimum Gasteiger partial charge on any atom is -0.496 e. The number of benzene rings is 3. The molecule has 0 unspecified atom stereocenters. The van der Waals surface area contributed by atoms with Crippen LogP contribution in [0.15, 0.2) is 60.7 Å². The molecule has 4 nitrogen and oxygen atoms in total. The number of anilines is 1. The summed E-state index contributed by atoms with van der Waals surface area (Å²) < 4.78 is 11.5. The maximum Gasteiger partial charge on any atom is 0.255 e. The lowest BCUT2D eigenvalue weighted by Gasteiger charge is -2.19. The lowest BCUT2D eigenvalue weighted by molar-refractivity contribution is 0.102. The number of amides is 1. The quantitative estimate of drug-likeness (QED) is 0.502. The second kappa shape index (κ2) is 9.25. The number of rotatable bonds is 6. The van der Waals surface area contributed by atoms with Crippen LogP contribution in [0.25, 0.3) is 0 Å². The number of nitrogens with one attached hydrogen (secondary N) is 1. The first-order chi connectivity index (χ1) is 14.7. The Morgan fingerprint density at radius 3 is 2.16 bits per heavy atom. The molecular weight excluding hydrogens is 386 g/mol. The zero-order chi connectivity index (χ0) is 22.6. The third-order valence-electron chi connectivity index (χ3n) is 5.38. The minimum atomic E-state index is -0.157. The molecule has 0 aromatic heterocycles. The summed E-state index contributed by atoms with van der Waals surface area (Å²) in [6.07, 6.45) is 0. The Morgan fingerprint density at radius 2 is 1.58 bits per heavy atom. The van der Waals surface area contributed by atoms with Crippen LogP contribution < -0.4 is 14.8 Å². The molecule has 1 amide bonds. The van der Waals surface area contributed by atoms with Crippen molar-refractivity contribution in [2.24, 2.45) is 0 Å². The topological polar surface area (TPSA) is 47.6 Å². The largest absolute Gasteiger partial charge is 0.496 e. The predicted octanol–water partition coefficient (Wildman–Crippen LogP) is 6.44. The molecule has 0 bridgehead atoms. The highest BCUT2D eigenvalue weighted by atomic mass is 16.5. The normalized spacial score (nSPS) is 11.2. The summed E-state index contributed by atoms with van der Waals surface area (Å²) in [7, 11) is 1.62. The van der Waals surface area contributed by atoms with Gasteiger partial charge in [0, 0.05) is 16.8 Å². The predicted molar refractivity (Wildman–Crippen MR) is 126 cm³/mol. The highest BCUT2D eigenvalue weighted by Crippen LogP contribution is 2.27. The molecule has 3 aromatic carbocycles. The SMILES string of the molecule is COc1ccc(C(=O)Nc2c(C)cccc2C)cc1COc1ccc(C(C)(C)C)cc1. The second-order valence-electron chi connectivity index (χ2n) is 8.81. The van der Waals surface area contributed by atoms with Crippen molar-refractivity contribution in [2.75, 3.05) is 12.4 Å². The molecule has 0 aliphatic rings.